The maximum atomic E-state index is 13.8. The minimum absolute atomic E-state index is 0.285. The van der Waals surface area contributed by atoms with Crippen molar-refractivity contribution in [3.63, 3.8) is 0 Å². The van der Waals surface area contributed by atoms with E-state index in [2.05, 4.69) is 0 Å². The Hall–Kier alpha value is -0.930. The SMILES string of the molecule is C[C@@H](N)c1cccc(C(C)(C)O)c1F. The largest absolute Gasteiger partial charge is 0.386 e. The van der Waals surface area contributed by atoms with Gasteiger partial charge in [-0.3, -0.25) is 0 Å². The van der Waals surface area contributed by atoms with E-state index < -0.39 is 11.4 Å². The second-order valence-corrected chi connectivity index (χ2v) is 4.06. The molecular formula is C11H16FNO. The third kappa shape index (κ3) is 2.11. The van der Waals surface area contributed by atoms with Crippen LogP contribution in [-0.2, 0) is 5.60 Å². The van der Waals surface area contributed by atoms with Crippen molar-refractivity contribution in [2.75, 3.05) is 0 Å². The van der Waals surface area contributed by atoms with Crippen LogP contribution in [0.3, 0.4) is 0 Å². The summed E-state index contributed by atoms with van der Waals surface area (Å²) in [6.07, 6.45) is 0. The highest BCUT2D eigenvalue weighted by molar-refractivity contribution is 5.31. The summed E-state index contributed by atoms with van der Waals surface area (Å²) < 4.78 is 13.8. The Morgan fingerprint density at radius 1 is 1.43 bits per heavy atom. The fourth-order valence-corrected chi connectivity index (χ4v) is 1.37. The van der Waals surface area contributed by atoms with Crippen LogP contribution >= 0.6 is 0 Å². The molecule has 0 saturated heterocycles. The zero-order chi connectivity index (χ0) is 10.9. The summed E-state index contributed by atoms with van der Waals surface area (Å²) in [4.78, 5) is 0. The van der Waals surface area contributed by atoms with E-state index in [1.165, 1.54) is 0 Å². The van der Waals surface area contributed by atoms with Crippen LogP contribution in [0.25, 0.3) is 0 Å². The van der Waals surface area contributed by atoms with Crippen molar-refractivity contribution in [2.24, 2.45) is 5.73 Å². The van der Waals surface area contributed by atoms with Gasteiger partial charge in [0.05, 0.1) is 5.60 Å². The Kier molecular flexibility index (Phi) is 2.92. The van der Waals surface area contributed by atoms with Gasteiger partial charge in [0.25, 0.3) is 0 Å². The Labute approximate surface area is 83.6 Å². The van der Waals surface area contributed by atoms with Crippen LogP contribution in [-0.4, -0.2) is 5.11 Å². The summed E-state index contributed by atoms with van der Waals surface area (Å²) >= 11 is 0. The van der Waals surface area contributed by atoms with Gasteiger partial charge < -0.3 is 10.8 Å². The highest BCUT2D eigenvalue weighted by Gasteiger charge is 2.22. The molecule has 1 aromatic rings. The van der Waals surface area contributed by atoms with Crippen LogP contribution in [0.4, 0.5) is 4.39 Å². The molecule has 0 aliphatic rings. The molecule has 3 N–H and O–H groups in total. The summed E-state index contributed by atoms with van der Waals surface area (Å²) in [5, 5.41) is 9.70. The van der Waals surface area contributed by atoms with Crippen LogP contribution in [0.15, 0.2) is 18.2 Å². The molecule has 2 nitrogen and oxygen atoms in total. The second-order valence-electron chi connectivity index (χ2n) is 4.06. The van der Waals surface area contributed by atoms with Gasteiger partial charge in [0.15, 0.2) is 0 Å². The van der Waals surface area contributed by atoms with Crippen molar-refractivity contribution >= 4 is 0 Å². The third-order valence-corrected chi connectivity index (χ3v) is 2.18. The number of aliphatic hydroxyl groups is 1. The van der Waals surface area contributed by atoms with Crippen molar-refractivity contribution in [3.8, 4) is 0 Å². The molecule has 0 saturated carbocycles. The molecule has 0 aliphatic carbocycles. The van der Waals surface area contributed by atoms with Crippen molar-refractivity contribution in [2.45, 2.75) is 32.4 Å². The van der Waals surface area contributed by atoms with Gasteiger partial charge in [-0.25, -0.2) is 4.39 Å². The number of rotatable bonds is 2. The van der Waals surface area contributed by atoms with E-state index >= 15 is 0 Å². The fourth-order valence-electron chi connectivity index (χ4n) is 1.37. The number of hydrogen-bond donors (Lipinski definition) is 2. The molecule has 1 rings (SSSR count). The number of nitrogens with two attached hydrogens (primary N) is 1. The highest BCUT2D eigenvalue weighted by Crippen LogP contribution is 2.26. The Balaban J connectivity index is 3.28. The van der Waals surface area contributed by atoms with Crippen molar-refractivity contribution < 1.29 is 9.50 Å². The molecule has 0 spiro atoms. The summed E-state index contributed by atoms with van der Waals surface area (Å²) in [7, 11) is 0. The van der Waals surface area contributed by atoms with Crippen molar-refractivity contribution in [1.29, 1.82) is 0 Å². The molecule has 14 heavy (non-hydrogen) atoms. The van der Waals surface area contributed by atoms with Gasteiger partial charge in [-0.2, -0.15) is 0 Å². The average Bonchev–Trinajstić information content (AvgIpc) is 2.01. The molecular weight excluding hydrogens is 181 g/mol. The third-order valence-electron chi connectivity index (χ3n) is 2.18. The predicted molar refractivity (Wildman–Crippen MR) is 54.2 cm³/mol. The number of benzene rings is 1. The van der Waals surface area contributed by atoms with E-state index in [1.54, 1.807) is 39.0 Å². The monoisotopic (exact) mass is 197 g/mol. The molecule has 0 radical (unpaired) electrons. The first kappa shape index (κ1) is 11.1. The van der Waals surface area contributed by atoms with Gasteiger partial charge >= 0.3 is 0 Å². The lowest BCUT2D eigenvalue weighted by Crippen LogP contribution is -2.20. The molecule has 0 amide bonds. The smallest absolute Gasteiger partial charge is 0.134 e. The lowest BCUT2D eigenvalue weighted by molar-refractivity contribution is 0.0743. The molecule has 1 aromatic carbocycles. The Morgan fingerprint density at radius 3 is 2.43 bits per heavy atom. The molecule has 0 heterocycles. The molecule has 3 heteroatoms. The molecule has 0 bridgehead atoms. The zero-order valence-corrected chi connectivity index (χ0v) is 8.71. The van der Waals surface area contributed by atoms with Gasteiger partial charge in [0.1, 0.15) is 5.82 Å². The first-order valence-corrected chi connectivity index (χ1v) is 4.61. The second kappa shape index (κ2) is 3.67. The van der Waals surface area contributed by atoms with Crippen LogP contribution in [0.2, 0.25) is 0 Å². The first-order valence-electron chi connectivity index (χ1n) is 4.61. The summed E-state index contributed by atoms with van der Waals surface area (Å²) in [6, 6.07) is 4.54. The van der Waals surface area contributed by atoms with Crippen molar-refractivity contribution in [1.82, 2.24) is 0 Å². The molecule has 0 aliphatic heterocycles. The van der Waals surface area contributed by atoms with Crippen LogP contribution in [0.1, 0.15) is 37.9 Å². The summed E-state index contributed by atoms with van der Waals surface area (Å²) in [5.74, 6) is -0.407. The van der Waals surface area contributed by atoms with Crippen LogP contribution < -0.4 is 5.73 Å². The molecule has 0 fully saturated rings. The van der Waals surface area contributed by atoms with E-state index in [0.29, 0.717) is 5.56 Å². The van der Waals surface area contributed by atoms with Crippen molar-refractivity contribution in [3.05, 3.63) is 35.1 Å². The standard InChI is InChI=1S/C11H16FNO/c1-7(13)8-5-4-6-9(10(8)12)11(2,3)14/h4-7,14H,13H2,1-3H3/t7-/m1/s1. The Bertz CT molecular complexity index is 329. The van der Waals surface area contributed by atoms with Gasteiger partial charge in [0.2, 0.25) is 0 Å². The van der Waals surface area contributed by atoms with E-state index in [4.69, 9.17) is 5.73 Å². The normalized spacial score (nSPS) is 14.1. The van der Waals surface area contributed by atoms with Gasteiger partial charge in [-0.1, -0.05) is 18.2 Å². The van der Waals surface area contributed by atoms with Gasteiger partial charge in [0, 0.05) is 17.2 Å². The maximum absolute atomic E-state index is 13.8. The van der Waals surface area contributed by atoms with Crippen LogP contribution in [0, 0.1) is 5.82 Å². The summed E-state index contributed by atoms with van der Waals surface area (Å²) in [5.41, 5.74) is 5.15. The number of halogens is 1. The lowest BCUT2D eigenvalue weighted by atomic mass is 9.94. The van der Waals surface area contributed by atoms with E-state index in [-0.39, 0.29) is 11.6 Å². The zero-order valence-electron chi connectivity index (χ0n) is 8.71. The van der Waals surface area contributed by atoms with Gasteiger partial charge in [-0.05, 0) is 20.8 Å². The quantitative estimate of drug-likeness (QED) is 0.762. The maximum Gasteiger partial charge on any atom is 0.134 e. The lowest BCUT2D eigenvalue weighted by Gasteiger charge is -2.20. The van der Waals surface area contributed by atoms with E-state index in [1.807, 2.05) is 0 Å². The number of hydrogen-bond acceptors (Lipinski definition) is 2. The predicted octanol–water partition coefficient (Wildman–Crippen LogP) is 2.07. The fraction of sp³-hybridized carbons (Fsp3) is 0.455. The molecule has 1 atom stereocenters. The Morgan fingerprint density at radius 2 is 2.00 bits per heavy atom. The minimum atomic E-state index is -1.17. The molecule has 0 unspecified atom stereocenters. The van der Waals surface area contributed by atoms with E-state index in [9.17, 15) is 9.50 Å². The van der Waals surface area contributed by atoms with E-state index in [0.717, 1.165) is 0 Å². The summed E-state index contributed by atoms with van der Waals surface area (Å²) in [6.45, 7) is 4.82. The topological polar surface area (TPSA) is 46.2 Å². The molecule has 78 valence electrons. The highest BCUT2D eigenvalue weighted by atomic mass is 19.1. The van der Waals surface area contributed by atoms with Crippen LogP contribution in [0.5, 0.6) is 0 Å². The van der Waals surface area contributed by atoms with Gasteiger partial charge in [-0.15, -0.1) is 0 Å². The molecule has 0 aromatic heterocycles. The first-order chi connectivity index (χ1) is 6.34. The average molecular weight is 197 g/mol. The minimum Gasteiger partial charge on any atom is -0.386 e.